The highest BCUT2D eigenvalue weighted by Crippen LogP contribution is 2.47. The maximum Gasteiger partial charge on any atom is 0.416 e. The Kier molecular flexibility index (Phi) is 4.40. The van der Waals surface area contributed by atoms with E-state index in [-0.39, 0.29) is 11.6 Å². The normalized spacial score (nSPS) is 24.5. The molecule has 28 heavy (non-hydrogen) atoms. The summed E-state index contributed by atoms with van der Waals surface area (Å²) in [5, 5.41) is 6.63. The third-order valence-electron chi connectivity index (χ3n) is 5.08. The maximum absolute atomic E-state index is 13.2. The first-order valence-electron chi connectivity index (χ1n) is 8.67. The number of nitrogens with zero attached hydrogens (tertiary/aromatic N) is 3. The molecule has 2 aliphatic rings. The van der Waals surface area contributed by atoms with Crippen molar-refractivity contribution in [2.45, 2.75) is 36.9 Å². The SMILES string of the molecule is CC12CCC(=O)N1C(C(=O)Nc1cc(C(F)(F)F)ccc1-n1cccn1)CS2. The maximum atomic E-state index is 13.2. The third kappa shape index (κ3) is 3.15. The van der Waals surface area contributed by atoms with E-state index in [1.807, 2.05) is 6.92 Å². The number of nitrogens with one attached hydrogen (secondary N) is 1. The number of fused-ring (bicyclic) bond motifs is 1. The Morgan fingerprint density at radius 1 is 1.39 bits per heavy atom. The van der Waals surface area contributed by atoms with E-state index >= 15 is 0 Å². The van der Waals surface area contributed by atoms with Crippen LogP contribution in [0.15, 0.2) is 36.7 Å². The predicted octanol–water partition coefficient (Wildman–Crippen LogP) is 3.28. The Balaban J connectivity index is 1.66. The van der Waals surface area contributed by atoms with Crippen LogP contribution >= 0.6 is 11.8 Å². The number of rotatable bonds is 3. The summed E-state index contributed by atoms with van der Waals surface area (Å²) in [6.45, 7) is 1.91. The van der Waals surface area contributed by atoms with Crippen LogP contribution in [-0.2, 0) is 15.8 Å². The molecule has 10 heteroatoms. The van der Waals surface area contributed by atoms with Crippen LogP contribution in [0.25, 0.3) is 5.69 Å². The number of carbonyl (C=O) groups excluding carboxylic acids is 2. The van der Waals surface area contributed by atoms with Gasteiger partial charge in [0.25, 0.3) is 0 Å². The molecule has 2 aliphatic heterocycles. The van der Waals surface area contributed by atoms with Crippen LogP contribution in [0.1, 0.15) is 25.3 Å². The Morgan fingerprint density at radius 3 is 2.86 bits per heavy atom. The molecule has 0 saturated carbocycles. The van der Waals surface area contributed by atoms with Crippen molar-refractivity contribution in [1.29, 1.82) is 0 Å². The lowest BCUT2D eigenvalue weighted by Crippen LogP contribution is -2.48. The number of alkyl halides is 3. The number of thioether (sulfide) groups is 1. The Labute approximate surface area is 163 Å². The van der Waals surface area contributed by atoms with Crippen LogP contribution in [-0.4, -0.2) is 43.2 Å². The van der Waals surface area contributed by atoms with Crippen LogP contribution in [0.3, 0.4) is 0 Å². The van der Waals surface area contributed by atoms with E-state index in [1.165, 1.54) is 28.7 Å². The van der Waals surface area contributed by atoms with E-state index in [0.717, 1.165) is 12.1 Å². The van der Waals surface area contributed by atoms with Gasteiger partial charge in [0.2, 0.25) is 11.8 Å². The number of hydrogen-bond acceptors (Lipinski definition) is 4. The van der Waals surface area contributed by atoms with E-state index in [0.29, 0.717) is 24.3 Å². The average Bonchev–Trinajstić information content (AvgIpc) is 3.32. The van der Waals surface area contributed by atoms with E-state index in [2.05, 4.69) is 10.4 Å². The fourth-order valence-electron chi connectivity index (χ4n) is 3.65. The minimum absolute atomic E-state index is 0.00576. The molecule has 0 spiro atoms. The van der Waals surface area contributed by atoms with Gasteiger partial charge in [-0.2, -0.15) is 18.3 Å². The first-order chi connectivity index (χ1) is 13.2. The van der Waals surface area contributed by atoms with Crippen LogP contribution < -0.4 is 5.32 Å². The van der Waals surface area contributed by atoms with Gasteiger partial charge in [0.05, 0.1) is 21.8 Å². The smallest absolute Gasteiger partial charge is 0.322 e. The zero-order chi connectivity index (χ0) is 20.1. The lowest BCUT2D eigenvalue weighted by molar-refractivity contribution is -0.137. The van der Waals surface area contributed by atoms with E-state index in [4.69, 9.17) is 0 Å². The van der Waals surface area contributed by atoms with Crippen molar-refractivity contribution >= 4 is 29.3 Å². The molecule has 4 rings (SSSR count). The number of halogens is 3. The molecule has 2 fully saturated rings. The van der Waals surface area contributed by atoms with Crippen LogP contribution in [0.5, 0.6) is 0 Å². The monoisotopic (exact) mass is 410 g/mol. The Bertz CT molecular complexity index is 931. The lowest BCUT2D eigenvalue weighted by atomic mass is 10.1. The highest BCUT2D eigenvalue weighted by molar-refractivity contribution is 8.01. The highest BCUT2D eigenvalue weighted by atomic mass is 32.2. The quantitative estimate of drug-likeness (QED) is 0.843. The van der Waals surface area contributed by atoms with Crippen molar-refractivity contribution in [3.8, 4) is 5.69 Å². The van der Waals surface area contributed by atoms with Gasteiger partial charge < -0.3 is 10.2 Å². The highest BCUT2D eigenvalue weighted by Gasteiger charge is 2.53. The van der Waals surface area contributed by atoms with E-state index < -0.39 is 28.6 Å². The molecule has 2 unspecified atom stereocenters. The Morgan fingerprint density at radius 2 is 2.18 bits per heavy atom. The standard InChI is InChI=1S/C18H17F3N4O2S/c1-17-6-5-15(26)25(17)14(10-28-17)16(27)23-12-9-11(18(19,20)21)3-4-13(12)24-8-2-7-22-24/h2-4,7-9,14H,5-6,10H2,1H3,(H,23,27). The van der Waals surface area contributed by atoms with Gasteiger partial charge in [-0.15, -0.1) is 11.8 Å². The molecule has 0 aliphatic carbocycles. The molecule has 2 aromatic rings. The Hall–Kier alpha value is -2.49. The summed E-state index contributed by atoms with van der Waals surface area (Å²) >= 11 is 1.52. The van der Waals surface area contributed by atoms with Gasteiger partial charge in [-0.05, 0) is 37.6 Å². The van der Waals surface area contributed by atoms with Crippen molar-refractivity contribution in [1.82, 2.24) is 14.7 Å². The summed E-state index contributed by atoms with van der Waals surface area (Å²) in [6.07, 6.45) is -0.456. The molecular formula is C18H17F3N4O2S. The van der Waals surface area contributed by atoms with Gasteiger partial charge in [-0.3, -0.25) is 9.59 Å². The van der Waals surface area contributed by atoms with E-state index in [1.54, 1.807) is 17.2 Å². The predicted molar refractivity (Wildman–Crippen MR) is 97.9 cm³/mol. The van der Waals surface area contributed by atoms with Crippen molar-refractivity contribution in [2.24, 2.45) is 0 Å². The molecule has 148 valence electrons. The number of anilines is 1. The van der Waals surface area contributed by atoms with Gasteiger partial charge in [-0.25, -0.2) is 4.68 Å². The second-order valence-corrected chi connectivity index (χ2v) is 8.44. The molecular weight excluding hydrogens is 393 g/mol. The topological polar surface area (TPSA) is 67.2 Å². The zero-order valence-electron chi connectivity index (χ0n) is 14.9. The number of hydrogen-bond donors (Lipinski definition) is 1. The molecule has 1 aromatic heterocycles. The second kappa shape index (κ2) is 6.54. The number of carbonyl (C=O) groups is 2. The number of benzene rings is 1. The first-order valence-corrected chi connectivity index (χ1v) is 9.66. The minimum atomic E-state index is -4.55. The van der Waals surface area contributed by atoms with Gasteiger partial charge in [-0.1, -0.05) is 0 Å². The fraction of sp³-hybridized carbons (Fsp3) is 0.389. The minimum Gasteiger partial charge on any atom is -0.322 e. The molecule has 0 radical (unpaired) electrons. The molecule has 0 bridgehead atoms. The lowest BCUT2D eigenvalue weighted by Gasteiger charge is -2.30. The zero-order valence-corrected chi connectivity index (χ0v) is 15.7. The molecule has 2 atom stereocenters. The molecule has 1 aromatic carbocycles. The molecule has 1 N–H and O–H groups in total. The number of amides is 2. The molecule has 2 amide bonds. The van der Waals surface area contributed by atoms with Gasteiger partial charge in [0.1, 0.15) is 6.04 Å². The van der Waals surface area contributed by atoms with Gasteiger partial charge >= 0.3 is 6.18 Å². The van der Waals surface area contributed by atoms with Crippen molar-refractivity contribution in [3.05, 3.63) is 42.2 Å². The van der Waals surface area contributed by atoms with Crippen molar-refractivity contribution < 1.29 is 22.8 Å². The summed E-state index contributed by atoms with van der Waals surface area (Å²) in [4.78, 5) is 26.3. The van der Waals surface area contributed by atoms with E-state index in [9.17, 15) is 22.8 Å². The molecule has 2 saturated heterocycles. The van der Waals surface area contributed by atoms with Crippen molar-refractivity contribution in [3.63, 3.8) is 0 Å². The second-order valence-electron chi connectivity index (χ2n) is 6.94. The summed E-state index contributed by atoms with van der Waals surface area (Å²) < 4.78 is 40.9. The van der Waals surface area contributed by atoms with Crippen LogP contribution in [0, 0.1) is 0 Å². The van der Waals surface area contributed by atoms with Gasteiger partial charge in [0, 0.05) is 24.6 Å². The third-order valence-corrected chi connectivity index (χ3v) is 6.59. The van der Waals surface area contributed by atoms with Gasteiger partial charge in [0.15, 0.2) is 0 Å². The number of aromatic nitrogens is 2. The molecule has 3 heterocycles. The van der Waals surface area contributed by atoms with Crippen LogP contribution in [0.4, 0.5) is 18.9 Å². The molecule has 6 nitrogen and oxygen atoms in total. The summed E-state index contributed by atoms with van der Waals surface area (Å²) in [5.74, 6) is -0.201. The van der Waals surface area contributed by atoms with Crippen LogP contribution in [0.2, 0.25) is 0 Å². The average molecular weight is 410 g/mol. The largest absolute Gasteiger partial charge is 0.416 e. The summed E-state index contributed by atoms with van der Waals surface area (Å²) in [7, 11) is 0. The summed E-state index contributed by atoms with van der Waals surface area (Å²) in [5.41, 5.74) is -0.567. The van der Waals surface area contributed by atoms with Crippen molar-refractivity contribution in [2.75, 3.05) is 11.1 Å². The summed E-state index contributed by atoms with van der Waals surface area (Å²) in [6, 6.07) is 4.01. The fourth-order valence-corrected chi connectivity index (χ4v) is 5.09. The first kappa shape index (κ1) is 18.9.